The lowest BCUT2D eigenvalue weighted by Gasteiger charge is -2.18. The van der Waals surface area contributed by atoms with Crippen molar-refractivity contribution >= 4 is 28.3 Å². The van der Waals surface area contributed by atoms with E-state index < -0.39 is 41.5 Å². The molecule has 29 heavy (non-hydrogen) atoms. The Bertz CT molecular complexity index is 1190. The Morgan fingerprint density at radius 1 is 1.07 bits per heavy atom. The molecule has 7 nitrogen and oxygen atoms in total. The van der Waals surface area contributed by atoms with Crippen LogP contribution in [0, 0.1) is 17.5 Å². The van der Waals surface area contributed by atoms with Crippen molar-refractivity contribution in [3.8, 4) is 0 Å². The van der Waals surface area contributed by atoms with Gasteiger partial charge in [-0.3, -0.25) is 14.4 Å². The number of benzene rings is 2. The van der Waals surface area contributed by atoms with Crippen LogP contribution < -0.4 is 10.9 Å². The number of carbonyl (C=O) groups excluding carboxylic acids is 2. The second-order valence-corrected chi connectivity index (χ2v) is 6.26. The summed E-state index contributed by atoms with van der Waals surface area (Å²) >= 11 is 0. The lowest BCUT2D eigenvalue weighted by Crippen LogP contribution is -2.36. The van der Waals surface area contributed by atoms with Gasteiger partial charge in [0.1, 0.15) is 0 Å². The van der Waals surface area contributed by atoms with E-state index in [0.717, 1.165) is 15.6 Å². The number of nitrogens with one attached hydrogen (secondary N) is 1. The molecule has 10 heteroatoms. The van der Waals surface area contributed by atoms with Crippen molar-refractivity contribution < 1.29 is 22.8 Å². The van der Waals surface area contributed by atoms with Gasteiger partial charge in [-0.2, -0.15) is 5.10 Å². The topological polar surface area (TPSA) is 84.3 Å². The standard InChI is InChI=1S/C19H15F3N4O3/c1-25(9-14(27)23-13-8-7-12(20)15(21)16(13)22)19(29)17-10-5-3-4-6-11(10)18(28)26(2)24-17/h3-8H,9H2,1-2H3,(H,23,27). The molecule has 1 heterocycles. The lowest BCUT2D eigenvalue weighted by atomic mass is 10.1. The summed E-state index contributed by atoms with van der Waals surface area (Å²) in [5.74, 6) is -6.14. The molecule has 2 amide bonds. The van der Waals surface area contributed by atoms with Gasteiger partial charge >= 0.3 is 0 Å². The Labute approximate surface area is 162 Å². The maximum absolute atomic E-state index is 13.7. The minimum absolute atomic E-state index is 0.0444. The van der Waals surface area contributed by atoms with E-state index in [1.54, 1.807) is 24.3 Å². The first-order valence-corrected chi connectivity index (χ1v) is 8.35. The van der Waals surface area contributed by atoms with Gasteiger partial charge in [0.05, 0.1) is 17.6 Å². The number of fused-ring (bicyclic) bond motifs is 1. The summed E-state index contributed by atoms with van der Waals surface area (Å²) in [6.45, 7) is -0.518. The highest BCUT2D eigenvalue weighted by Gasteiger charge is 2.22. The van der Waals surface area contributed by atoms with Gasteiger partial charge in [-0.25, -0.2) is 17.9 Å². The largest absolute Gasteiger partial charge is 0.331 e. The van der Waals surface area contributed by atoms with Gasteiger partial charge in [0, 0.05) is 19.5 Å². The zero-order valence-corrected chi connectivity index (χ0v) is 15.4. The van der Waals surface area contributed by atoms with Crippen LogP contribution in [0.2, 0.25) is 0 Å². The minimum Gasteiger partial charge on any atom is -0.331 e. The molecule has 3 aromatic rings. The third kappa shape index (κ3) is 3.82. The molecule has 0 radical (unpaired) electrons. The number of carbonyl (C=O) groups is 2. The fraction of sp³-hybridized carbons (Fsp3) is 0.158. The van der Waals surface area contributed by atoms with Gasteiger partial charge in [0.2, 0.25) is 5.91 Å². The van der Waals surface area contributed by atoms with Crippen LogP contribution in [0.1, 0.15) is 10.5 Å². The summed E-state index contributed by atoms with van der Waals surface area (Å²) in [4.78, 5) is 38.1. The van der Waals surface area contributed by atoms with Crippen molar-refractivity contribution in [2.24, 2.45) is 7.05 Å². The summed E-state index contributed by atoms with van der Waals surface area (Å²) < 4.78 is 41.0. The Balaban J connectivity index is 1.82. The number of likely N-dealkylation sites (N-methyl/N-ethyl adjacent to an activating group) is 1. The first kappa shape index (κ1) is 20.1. The van der Waals surface area contributed by atoms with Crippen LogP contribution >= 0.6 is 0 Å². The predicted molar refractivity (Wildman–Crippen MR) is 98.9 cm³/mol. The average molecular weight is 404 g/mol. The van der Waals surface area contributed by atoms with Crippen molar-refractivity contribution in [2.45, 2.75) is 0 Å². The van der Waals surface area contributed by atoms with Crippen molar-refractivity contribution in [1.29, 1.82) is 0 Å². The second kappa shape index (κ2) is 7.74. The number of aromatic nitrogens is 2. The van der Waals surface area contributed by atoms with E-state index in [2.05, 4.69) is 10.4 Å². The zero-order chi connectivity index (χ0) is 21.3. The van der Waals surface area contributed by atoms with Gasteiger partial charge in [0.25, 0.3) is 11.5 Å². The van der Waals surface area contributed by atoms with Crippen molar-refractivity contribution in [2.75, 3.05) is 18.9 Å². The molecule has 0 fully saturated rings. The number of amides is 2. The molecule has 0 saturated heterocycles. The molecule has 0 unspecified atom stereocenters. The van der Waals surface area contributed by atoms with Gasteiger partial charge in [-0.1, -0.05) is 18.2 Å². The number of anilines is 1. The van der Waals surface area contributed by atoms with Gasteiger partial charge in [-0.05, 0) is 18.2 Å². The van der Waals surface area contributed by atoms with E-state index in [4.69, 9.17) is 0 Å². The first-order valence-electron chi connectivity index (χ1n) is 8.35. The number of rotatable bonds is 4. The van der Waals surface area contributed by atoms with Crippen molar-refractivity contribution in [3.63, 3.8) is 0 Å². The monoisotopic (exact) mass is 404 g/mol. The molecule has 0 aliphatic rings. The van der Waals surface area contributed by atoms with Crippen LogP contribution in [0.5, 0.6) is 0 Å². The maximum Gasteiger partial charge on any atom is 0.275 e. The lowest BCUT2D eigenvalue weighted by molar-refractivity contribution is -0.116. The molecule has 3 rings (SSSR count). The van der Waals surface area contributed by atoms with Gasteiger partial charge in [-0.15, -0.1) is 0 Å². The number of halogens is 3. The third-order valence-corrected chi connectivity index (χ3v) is 4.20. The number of hydrogen-bond donors (Lipinski definition) is 1. The van der Waals surface area contributed by atoms with E-state index in [-0.39, 0.29) is 16.6 Å². The minimum atomic E-state index is -1.71. The molecule has 0 saturated carbocycles. The molecular formula is C19H15F3N4O3. The number of nitrogens with zero attached hydrogens (tertiary/aromatic N) is 3. The smallest absolute Gasteiger partial charge is 0.275 e. The summed E-state index contributed by atoms with van der Waals surface area (Å²) in [5, 5.41) is 6.67. The fourth-order valence-electron chi connectivity index (χ4n) is 2.74. The summed E-state index contributed by atoms with van der Waals surface area (Å²) in [6, 6.07) is 7.93. The summed E-state index contributed by atoms with van der Waals surface area (Å²) in [5.41, 5.74) is -0.983. The van der Waals surface area contributed by atoms with E-state index >= 15 is 0 Å². The molecule has 0 aliphatic carbocycles. The van der Waals surface area contributed by atoms with E-state index in [1.807, 2.05) is 0 Å². The highest BCUT2D eigenvalue weighted by Crippen LogP contribution is 2.20. The highest BCUT2D eigenvalue weighted by molar-refractivity contribution is 6.06. The Morgan fingerprint density at radius 3 is 2.41 bits per heavy atom. The van der Waals surface area contributed by atoms with E-state index in [9.17, 15) is 27.6 Å². The molecule has 2 aromatic carbocycles. The summed E-state index contributed by atoms with van der Waals surface area (Å²) in [7, 11) is 2.70. The van der Waals surface area contributed by atoms with Crippen LogP contribution in [0.4, 0.5) is 18.9 Å². The molecule has 0 spiro atoms. The van der Waals surface area contributed by atoms with Crippen LogP contribution in [-0.2, 0) is 11.8 Å². The van der Waals surface area contributed by atoms with Gasteiger partial charge < -0.3 is 10.2 Å². The molecule has 1 N–H and O–H groups in total. The zero-order valence-electron chi connectivity index (χ0n) is 15.4. The van der Waals surface area contributed by atoms with Crippen molar-refractivity contribution in [1.82, 2.24) is 14.7 Å². The van der Waals surface area contributed by atoms with Gasteiger partial charge in [0.15, 0.2) is 23.1 Å². The molecular weight excluding hydrogens is 389 g/mol. The summed E-state index contributed by atoms with van der Waals surface area (Å²) in [6.07, 6.45) is 0. The quantitative estimate of drug-likeness (QED) is 0.675. The van der Waals surface area contributed by atoms with Crippen LogP contribution in [0.15, 0.2) is 41.2 Å². The SMILES string of the molecule is CN(CC(=O)Nc1ccc(F)c(F)c1F)C(=O)c1nn(C)c(=O)c2ccccc12. The fourth-order valence-corrected chi connectivity index (χ4v) is 2.74. The number of aryl methyl sites for hydroxylation is 1. The average Bonchev–Trinajstić information content (AvgIpc) is 2.70. The van der Waals surface area contributed by atoms with Crippen LogP contribution in [0.3, 0.4) is 0 Å². The molecule has 0 aliphatic heterocycles. The van der Waals surface area contributed by atoms with Crippen LogP contribution in [-0.4, -0.2) is 40.1 Å². The normalized spacial score (nSPS) is 10.8. The number of hydrogen-bond acceptors (Lipinski definition) is 4. The highest BCUT2D eigenvalue weighted by atomic mass is 19.2. The molecule has 1 aromatic heterocycles. The second-order valence-electron chi connectivity index (χ2n) is 6.26. The van der Waals surface area contributed by atoms with Crippen molar-refractivity contribution in [3.05, 3.63) is 69.9 Å². The third-order valence-electron chi connectivity index (χ3n) is 4.20. The van der Waals surface area contributed by atoms with E-state index in [1.165, 1.54) is 14.1 Å². The van der Waals surface area contributed by atoms with E-state index in [0.29, 0.717) is 11.5 Å². The Kier molecular flexibility index (Phi) is 5.35. The maximum atomic E-state index is 13.7. The Morgan fingerprint density at radius 2 is 1.72 bits per heavy atom. The molecule has 150 valence electrons. The molecule has 0 atom stereocenters. The first-order chi connectivity index (χ1) is 13.7. The molecule has 0 bridgehead atoms. The predicted octanol–water partition coefficient (Wildman–Crippen LogP) is 2.06. The Hall–Kier alpha value is -3.69. The van der Waals surface area contributed by atoms with Crippen LogP contribution in [0.25, 0.3) is 10.8 Å².